The van der Waals surface area contributed by atoms with E-state index in [1.165, 1.54) is 17.0 Å². The van der Waals surface area contributed by atoms with Crippen molar-refractivity contribution in [3.63, 3.8) is 0 Å². The number of thiophene rings is 1. The van der Waals surface area contributed by atoms with Gasteiger partial charge in [-0.25, -0.2) is 4.39 Å². The van der Waals surface area contributed by atoms with Crippen LogP contribution >= 0.6 is 38.9 Å². The Bertz CT molecular complexity index is 544. The van der Waals surface area contributed by atoms with E-state index < -0.39 is 0 Å². The number of halogens is 3. The predicted octanol–water partition coefficient (Wildman–Crippen LogP) is 5.15. The molecular weight excluding hydrogens is 337 g/mol. The quantitative estimate of drug-likeness (QED) is 0.805. The van der Waals surface area contributed by atoms with Crippen LogP contribution in [0.5, 0.6) is 0 Å². The lowest BCUT2D eigenvalue weighted by Crippen LogP contribution is -2.17. The molecule has 0 spiro atoms. The topological polar surface area (TPSA) is 12.0 Å². The van der Waals surface area contributed by atoms with E-state index in [-0.39, 0.29) is 11.9 Å². The molecule has 0 aliphatic carbocycles. The summed E-state index contributed by atoms with van der Waals surface area (Å²) >= 11 is 10.9. The molecule has 5 heteroatoms. The van der Waals surface area contributed by atoms with Crippen molar-refractivity contribution in [2.45, 2.75) is 19.5 Å². The third-order valence-corrected chi connectivity index (χ3v) is 4.81. The fraction of sp³-hybridized carbons (Fsp3) is 0.231. The summed E-state index contributed by atoms with van der Waals surface area (Å²) in [5.74, 6) is -0.221. The highest BCUT2D eigenvalue weighted by molar-refractivity contribution is 9.10. The first-order valence-electron chi connectivity index (χ1n) is 5.49. The van der Waals surface area contributed by atoms with Crippen LogP contribution in [0.3, 0.4) is 0 Å². The van der Waals surface area contributed by atoms with E-state index in [1.54, 1.807) is 17.4 Å². The van der Waals surface area contributed by atoms with E-state index in [2.05, 4.69) is 28.2 Å². The number of hydrogen-bond donors (Lipinski definition) is 1. The summed E-state index contributed by atoms with van der Waals surface area (Å²) in [4.78, 5) is 1.17. The van der Waals surface area contributed by atoms with Crippen molar-refractivity contribution in [1.82, 2.24) is 5.32 Å². The summed E-state index contributed by atoms with van der Waals surface area (Å²) in [7, 11) is 0. The molecule has 1 aromatic heterocycles. The lowest BCUT2D eigenvalue weighted by Gasteiger charge is -2.13. The number of nitrogens with one attached hydrogen (secondary N) is 1. The molecule has 1 aromatic carbocycles. The largest absolute Gasteiger partial charge is 0.305 e. The summed E-state index contributed by atoms with van der Waals surface area (Å²) in [5, 5.41) is 3.35. The van der Waals surface area contributed by atoms with Gasteiger partial charge in [0, 0.05) is 21.9 Å². The monoisotopic (exact) mass is 347 g/mol. The van der Waals surface area contributed by atoms with Crippen LogP contribution in [0.1, 0.15) is 23.4 Å². The standard InChI is InChI=1S/C13H12BrClFNS/c1-8(12-4-5-13(15)18-12)17-7-9-6-10(16)2-3-11(9)14/h2-6,8,17H,7H2,1H3. The minimum atomic E-state index is -0.221. The normalized spacial score (nSPS) is 12.7. The summed E-state index contributed by atoms with van der Waals surface area (Å²) in [6.45, 7) is 2.67. The number of benzene rings is 1. The highest BCUT2D eigenvalue weighted by Crippen LogP contribution is 2.27. The van der Waals surface area contributed by atoms with E-state index in [9.17, 15) is 4.39 Å². The first kappa shape index (κ1) is 14.0. The zero-order valence-electron chi connectivity index (χ0n) is 9.71. The van der Waals surface area contributed by atoms with E-state index >= 15 is 0 Å². The second-order valence-corrected chi connectivity index (χ2v) is 6.58. The van der Waals surface area contributed by atoms with Crippen LogP contribution in [0.2, 0.25) is 4.34 Å². The molecule has 0 radical (unpaired) electrons. The summed E-state index contributed by atoms with van der Waals surface area (Å²) in [6.07, 6.45) is 0. The lowest BCUT2D eigenvalue weighted by atomic mass is 10.2. The van der Waals surface area contributed by atoms with Gasteiger partial charge >= 0.3 is 0 Å². The van der Waals surface area contributed by atoms with Crippen LogP contribution in [0.15, 0.2) is 34.8 Å². The molecule has 0 aliphatic rings. The van der Waals surface area contributed by atoms with Crippen molar-refractivity contribution in [1.29, 1.82) is 0 Å². The van der Waals surface area contributed by atoms with Crippen LogP contribution in [0, 0.1) is 5.82 Å². The number of rotatable bonds is 4. The van der Waals surface area contributed by atoms with Gasteiger partial charge in [0.05, 0.1) is 4.34 Å². The van der Waals surface area contributed by atoms with E-state index in [1.807, 2.05) is 12.1 Å². The average molecular weight is 349 g/mol. The summed E-state index contributed by atoms with van der Waals surface area (Å²) in [6, 6.07) is 8.78. The SMILES string of the molecule is CC(NCc1cc(F)ccc1Br)c1ccc(Cl)s1. The van der Waals surface area contributed by atoms with Gasteiger partial charge in [-0.3, -0.25) is 0 Å². The van der Waals surface area contributed by atoms with Crippen LogP contribution in [0.4, 0.5) is 4.39 Å². The van der Waals surface area contributed by atoms with Crippen molar-refractivity contribution < 1.29 is 4.39 Å². The molecule has 0 aliphatic heterocycles. The predicted molar refractivity (Wildman–Crippen MR) is 78.7 cm³/mol. The van der Waals surface area contributed by atoms with Gasteiger partial charge in [-0.2, -0.15) is 0 Å². The van der Waals surface area contributed by atoms with E-state index in [0.717, 1.165) is 14.4 Å². The fourth-order valence-electron chi connectivity index (χ4n) is 1.60. The van der Waals surface area contributed by atoms with Crippen molar-refractivity contribution >= 4 is 38.9 Å². The Hall–Kier alpha value is -0.420. The second kappa shape index (κ2) is 6.15. The lowest BCUT2D eigenvalue weighted by molar-refractivity contribution is 0.575. The van der Waals surface area contributed by atoms with Crippen LogP contribution in [-0.2, 0) is 6.54 Å². The molecule has 1 unspecified atom stereocenters. The smallest absolute Gasteiger partial charge is 0.123 e. The Morgan fingerprint density at radius 2 is 2.17 bits per heavy atom. The van der Waals surface area contributed by atoms with E-state index in [4.69, 9.17) is 11.6 Å². The van der Waals surface area contributed by atoms with Crippen LogP contribution in [-0.4, -0.2) is 0 Å². The van der Waals surface area contributed by atoms with Gasteiger partial charge in [-0.15, -0.1) is 11.3 Å². The third-order valence-electron chi connectivity index (χ3n) is 2.63. The Morgan fingerprint density at radius 3 is 2.83 bits per heavy atom. The number of hydrogen-bond acceptors (Lipinski definition) is 2. The molecule has 18 heavy (non-hydrogen) atoms. The first-order chi connectivity index (χ1) is 8.56. The molecule has 2 aromatic rings. The molecule has 0 amide bonds. The molecule has 1 N–H and O–H groups in total. The van der Waals surface area contributed by atoms with Crippen molar-refractivity contribution in [3.05, 3.63) is 55.4 Å². The highest BCUT2D eigenvalue weighted by atomic mass is 79.9. The first-order valence-corrected chi connectivity index (χ1v) is 7.47. The van der Waals surface area contributed by atoms with Gasteiger partial charge < -0.3 is 5.32 Å². The van der Waals surface area contributed by atoms with Crippen molar-refractivity contribution in [2.24, 2.45) is 0 Å². The molecule has 1 nitrogen and oxygen atoms in total. The fourth-order valence-corrected chi connectivity index (χ4v) is 3.08. The van der Waals surface area contributed by atoms with Crippen LogP contribution < -0.4 is 5.32 Å². The maximum absolute atomic E-state index is 13.1. The molecule has 0 saturated carbocycles. The maximum atomic E-state index is 13.1. The zero-order valence-corrected chi connectivity index (χ0v) is 12.9. The van der Waals surface area contributed by atoms with Gasteiger partial charge in [0.2, 0.25) is 0 Å². The summed E-state index contributed by atoms with van der Waals surface area (Å²) in [5.41, 5.74) is 0.907. The maximum Gasteiger partial charge on any atom is 0.123 e. The molecule has 0 saturated heterocycles. The van der Waals surface area contributed by atoms with Gasteiger partial charge in [0.25, 0.3) is 0 Å². The average Bonchev–Trinajstić information content (AvgIpc) is 2.77. The molecule has 0 fully saturated rings. The third kappa shape index (κ3) is 3.54. The van der Waals surface area contributed by atoms with Gasteiger partial charge in [0.1, 0.15) is 5.82 Å². The Balaban J connectivity index is 2.01. The minimum absolute atomic E-state index is 0.192. The Labute approximate surface area is 123 Å². The Morgan fingerprint density at radius 1 is 1.39 bits per heavy atom. The molecular formula is C13H12BrClFNS. The Kier molecular flexibility index (Phi) is 4.78. The molecule has 0 bridgehead atoms. The van der Waals surface area contributed by atoms with Crippen molar-refractivity contribution in [2.75, 3.05) is 0 Å². The van der Waals surface area contributed by atoms with Gasteiger partial charge in [0.15, 0.2) is 0 Å². The molecule has 96 valence electrons. The summed E-state index contributed by atoms with van der Waals surface area (Å²) < 4.78 is 14.8. The highest BCUT2D eigenvalue weighted by Gasteiger charge is 2.09. The zero-order chi connectivity index (χ0) is 13.1. The van der Waals surface area contributed by atoms with Gasteiger partial charge in [-0.05, 0) is 42.8 Å². The van der Waals surface area contributed by atoms with Crippen molar-refractivity contribution in [3.8, 4) is 0 Å². The second-order valence-electron chi connectivity index (χ2n) is 3.98. The molecule has 1 atom stereocenters. The molecule has 2 rings (SSSR count). The van der Waals surface area contributed by atoms with E-state index in [0.29, 0.717) is 6.54 Å². The van der Waals surface area contributed by atoms with Gasteiger partial charge in [-0.1, -0.05) is 27.5 Å². The minimum Gasteiger partial charge on any atom is -0.305 e. The van der Waals surface area contributed by atoms with Crippen LogP contribution in [0.25, 0.3) is 0 Å². The molecule has 1 heterocycles.